The van der Waals surface area contributed by atoms with Crippen LogP contribution in [0.25, 0.3) is 0 Å². The summed E-state index contributed by atoms with van der Waals surface area (Å²) in [4.78, 5) is 2.31. The van der Waals surface area contributed by atoms with Crippen LogP contribution in [0.5, 0.6) is 0 Å². The molecule has 0 radical (unpaired) electrons. The summed E-state index contributed by atoms with van der Waals surface area (Å²) in [6, 6.07) is 12.0. The van der Waals surface area contributed by atoms with Crippen LogP contribution in [-0.2, 0) is 6.54 Å². The lowest BCUT2D eigenvalue weighted by Gasteiger charge is -2.29. The first-order valence-electron chi connectivity index (χ1n) is 9.16. The van der Waals surface area contributed by atoms with Gasteiger partial charge in [0.2, 0.25) is 0 Å². The Morgan fingerprint density at radius 1 is 0.680 bits per heavy atom. The van der Waals surface area contributed by atoms with Crippen molar-refractivity contribution in [3.63, 3.8) is 0 Å². The summed E-state index contributed by atoms with van der Waals surface area (Å²) in [6.07, 6.45) is 3.28. The van der Waals surface area contributed by atoms with E-state index in [2.05, 4.69) is 29.2 Å². The van der Waals surface area contributed by atoms with Gasteiger partial charge in [-0.25, -0.2) is 0 Å². The third kappa shape index (κ3) is 6.99. The average Bonchev–Trinajstić information content (AvgIpc) is 3.15. The second-order valence-electron chi connectivity index (χ2n) is 7.48. The molecule has 0 spiro atoms. The highest BCUT2D eigenvalue weighted by molar-refractivity contribution is 5.15. The van der Waals surface area contributed by atoms with Gasteiger partial charge in [-0.3, -0.25) is 4.90 Å². The minimum absolute atomic E-state index is 0.138. The monoisotopic (exact) mass is 349 g/mol. The standard InChI is InChI=1S/C11H17N3.C4H10N2.C3H8N2/c12-10-7-14(8-11(10)13)6-9-4-2-1-3-5-9;5-3-1-2-4(3)6;4-2-1-3(2)5/h1-5,10-11H,6-8,12-13H2;3-4H,1-2,5-6H2;2-3H,1,4-5H2. The molecular formula is C18H35N7. The van der Waals surface area contributed by atoms with Crippen molar-refractivity contribution < 1.29 is 0 Å². The number of benzene rings is 1. The number of hydrogen-bond acceptors (Lipinski definition) is 7. The van der Waals surface area contributed by atoms with E-state index in [0.717, 1.165) is 38.9 Å². The number of likely N-dealkylation sites (tertiary alicyclic amines) is 1. The highest BCUT2D eigenvalue weighted by Crippen LogP contribution is 2.14. The van der Waals surface area contributed by atoms with Crippen molar-refractivity contribution in [3.8, 4) is 0 Å². The van der Waals surface area contributed by atoms with Crippen LogP contribution in [0.1, 0.15) is 24.8 Å². The third-order valence-electron chi connectivity index (χ3n) is 5.01. The number of hydrogen-bond donors (Lipinski definition) is 6. The summed E-state index contributed by atoms with van der Waals surface area (Å²) >= 11 is 0. The fourth-order valence-corrected chi connectivity index (χ4v) is 2.70. The van der Waals surface area contributed by atoms with Crippen LogP contribution in [-0.4, -0.2) is 54.2 Å². The molecule has 1 heterocycles. The Labute approximate surface area is 151 Å². The first kappa shape index (κ1) is 20.3. The van der Waals surface area contributed by atoms with Gasteiger partial charge >= 0.3 is 0 Å². The molecule has 25 heavy (non-hydrogen) atoms. The molecule has 4 rings (SSSR count). The molecule has 6 atom stereocenters. The van der Waals surface area contributed by atoms with Crippen molar-refractivity contribution in [2.45, 2.75) is 62.1 Å². The number of nitrogens with zero attached hydrogens (tertiary/aromatic N) is 1. The Balaban J connectivity index is 0.000000167. The summed E-state index contributed by atoms with van der Waals surface area (Å²) < 4.78 is 0. The van der Waals surface area contributed by atoms with Gasteiger partial charge in [0, 0.05) is 55.9 Å². The zero-order chi connectivity index (χ0) is 18.4. The van der Waals surface area contributed by atoms with Gasteiger partial charge in [0.15, 0.2) is 0 Å². The fraction of sp³-hybridized carbons (Fsp3) is 0.667. The molecule has 7 heteroatoms. The zero-order valence-electron chi connectivity index (χ0n) is 15.0. The van der Waals surface area contributed by atoms with E-state index in [1.165, 1.54) is 5.56 Å². The lowest BCUT2D eigenvalue weighted by Crippen LogP contribution is -2.49. The molecule has 1 aromatic carbocycles. The van der Waals surface area contributed by atoms with E-state index in [0.29, 0.717) is 24.2 Å². The van der Waals surface area contributed by atoms with E-state index < -0.39 is 0 Å². The smallest absolute Gasteiger partial charge is 0.0334 e. The molecule has 1 saturated heterocycles. The van der Waals surface area contributed by atoms with Crippen molar-refractivity contribution in [1.82, 2.24) is 4.90 Å². The van der Waals surface area contributed by atoms with Gasteiger partial charge in [-0.05, 0) is 24.8 Å². The second-order valence-corrected chi connectivity index (χ2v) is 7.48. The summed E-state index contributed by atoms with van der Waals surface area (Å²) in [7, 11) is 0. The maximum atomic E-state index is 5.86. The molecule has 1 aromatic rings. The van der Waals surface area contributed by atoms with E-state index in [1.807, 2.05) is 6.07 Å². The SMILES string of the molecule is NC1CC1N.NC1CCC1N.NC1CN(Cc2ccccc2)CC1N. The van der Waals surface area contributed by atoms with Gasteiger partial charge in [-0.2, -0.15) is 0 Å². The van der Waals surface area contributed by atoms with E-state index >= 15 is 0 Å². The highest BCUT2D eigenvalue weighted by Gasteiger charge is 2.28. The predicted octanol–water partition coefficient (Wildman–Crippen LogP) is -1.36. The van der Waals surface area contributed by atoms with Crippen molar-refractivity contribution in [1.29, 1.82) is 0 Å². The van der Waals surface area contributed by atoms with Crippen LogP contribution in [0, 0.1) is 0 Å². The Bertz CT molecular complexity index is 473. The van der Waals surface area contributed by atoms with Crippen molar-refractivity contribution in [3.05, 3.63) is 35.9 Å². The maximum Gasteiger partial charge on any atom is 0.0334 e. The first-order valence-corrected chi connectivity index (χ1v) is 9.16. The quantitative estimate of drug-likeness (QED) is 0.384. The van der Waals surface area contributed by atoms with Crippen LogP contribution in [0.3, 0.4) is 0 Å². The maximum absolute atomic E-state index is 5.86. The van der Waals surface area contributed by atoms with Gasteiger partial charge in [-0.1, -0.05) is 30.3 Å². The Hall–Kier alpha value is -1.06. The van der Waals surface area contributed by atoms with Crippen LogP contribution in [0.2, 0.25) is 0 Å². The Morgan fingerprint density at radius 2 is 1.12 bits per heavy atom. The highest BCUT2D eigenvalue weighted by atomic mass is 15.2. The lowest BCUT2D eigenvalue weighted by molar-refractivity contribution is 0.324. The van der Waals surface area contributed by atoms with Gasteiger partial charge in [0.25, 0.3) is 0 Å². The van der Waals surface area contributed by atoms with Gasteiger partial charge in [0.05, 0.1) is 0 Å². The third-order valence-corrected chi connectivity index (χ3v) is 5.01. The average molecular weight is 350 g/mol. The molecule has 12 N–H and O–H groups in total. The molecule has 0 bridgehead atoms. The van der Waals surface area contributed by atoms with Crippen LogP contribution >= 0.6 is 0 Å². The molecule has 2 saturated carbocycles. The summed E-state index contributed by atoms with van der Waals surface area (Å²) in [5.74, 6) is 0. The van der Waals surface area contributed by atoms with Crippen molar-refractivity contribution >= 4 is 0 Å². The van der Waals surface area contributed by atoms with Crippen LogP contribution < -0.4 is 34.4 Å². The minimum atomic E-state index is 0.138. The molecular weight excluding hydrogens is 314 g/mol. The van der Waals surface area contributed by atoms with Crippen molar-refractivity contribution in [2.75, 3.05) is 13.1 Å². The molecule has 6 unspecified atom stereocenters. The molecule has 7 nitrogen and oxygen atoms in total. The molecule has 0 amide bonds. The normalized spacial score (nSPS) is 36.4. The molecule has 1 aliphatic heterocycles. The van der Waals surface area contributed by atoms with Crippen molar-refractivity contribution in [2.24, 2.45) is 34.4 Å². The van der Waals surface area contributed by atoms with E-state index in [9.17, 15) is 0 Å². The Kier molecular flexibility index (Phi) is 7.77. The zero-order valence-corrected chi connectivity index (χ0v) is 15.0. The molecule has 3 fully saturated rings. The Morgan fingerprint density at radius 3 is 1.44 bits per heavy atom. The summed E-state index contributed by atoms with van der Waals surface area (Å²) in [5, 5.41) is 0. The predicted molar refractivity (Wildman–Crippen MR) is 103 cm³/mol. The molecule has 0 aromatic heterocycles. The van der Waals surface area contributed by atoms with E-state index in [-0.39, 0.29) is 12.1 Å². The van der Waals surface area contributed by atoms with Crippen LogP contribution in [0.4, 0.5) is 0 Å². The number of nitrogens with two attached hydrogens (primary N) is 6. The summed E-state index contributed by atoms with van der Waals surface area (Å²) in [5.41, 5.74) is 34.3. The largest absolute Gasteiger partial charge is 0.326 e. The van der Waals surface area contributed by atoms with Crippen LogP contribution in [0.15, 0.2) is 30.3 Å². The fourth-order valence-electron chi connectivity index (χ4n) is 2.70. The van der Waals surface area contributed by atoms with Gasteiger partial charge < -0.3 is 34.4 Å². The molecule has 2 aliphatic carbocycles. The molecule has 142 valence electrons. The van der Waals surface area contributed by atoms with Gasteiger partial charge in [0.1, 0.15) is 0 Å². The van der Waals surface area contributed by atoms with E-state index in [4.69, 9.17) is 34.4 Å². The van der Waals surface area contributed by atoms with Gasteiger partial charge in [-0.15, -0.1) is 0 Å². The second kappa shape index (κ2) is 9.59. The lowest BCUT2D eigenvalue weighted by atomic mass is 9.88. The molecule has 3 aliphatic rings. The number of rotatable bonds is 2. The summed E-state index contributed by atoms with van der Waals surface area (Å²) in [6.45, 7) is 2.79. The first-order chi connectivity index (χ1) is 11.9. The topological polar surface area (TPSA) is 159 Å². The van der Waals surface area contributed by atoms with E-state index in [1.54, 1.807) is 0 Å². The minimum Gasteiger partial charge on any atom is -0.326 e.